The van der Waals surface area contributed by atoms with Gasteiger partial charge in [-0.1, -0.05) is 30.3 Å². The molecule has 25 heavy (non-hydrogen) atoms. The van der Waals surface area contributed by atoms with E-state index in [9.17, 15) is 0 Å². The van der Waals surface area contributed by atoms with Crippen LogP contribution in [0, 0.1) is 0 Å². The highest BCUT2D eigenvalue weighted by atomic mass is 15.2. The van der Waals surface area contributed by atoms with E-state index in [1.807, 2.05) is 9.80 Å². The van der Waals surface area contributed by atoms with E-state index >= 15 is 0 Å². The molecule has 3 aliphatic rings. The van der Waals surface area contributed by atoms with Gasteiger partial charge in [0.05, 0.1) is 38.3 Å². The van der Waals surface area contributed by atoms with Crippen molar-refractivity contribution in [3.63, 3.8) is 0 Å². The predicted octanol–water partition coefficient (Wildman–Crippen LogP) is 2.22. The Labute approximate surface area is 154 Å². The smallest absolute Gasteiger partial charge is 0.0983 e. The van der Waals surface area contributed by atoms with E-state index in [4.69, 9.17) is 0 Å². The maximum atomic E-state index is 2.34. The fourth-order valence-corrected chi connectivity index (χ4v) is 5.96. The summed E-state index contributed by atoms with van der Waals surface area (Å²) < 4.78 is 0. The molecule has 0 atom stereocenters. The molecule has 3 fully saturated rings. The fraction of sp³-hybridized carbons (Fsp3) is 0.739. The maximum absolute atomic E-state index is 2.34. The summed E-state index contributed by atoms with van der Waals surface area (Å²) in [6.07, 6.45) is 14.6. The van der Waals surface area contributed by atoms with Gasteiger partial charge in [-0.15, -0.1) is 0 Å². The highest BCUT2D eigenvalue weighted by Gasteiger charge is 2.35. The van der Waals surface area contributed by atoms with Gasteiger partial charge in [0.25, 0.3) is 0 Å². The minimum atomic E-state index is 0.830. The molecule has 2 aliphatic heterocycles. The molecule has 1 saturated carbocycles. The third-order valence-electron chi connectivity index (χ3n) is 7.53. The fourth-order valence-electron chi connectivity index (χ4n) is 5.96. The van der Waals surface area contributed by atoms with Crippen LogP contribution in [0.3, 0.4) is 0 Å². The zero-order valence-electron chi connectivity index (χ0n) is 16.0. The van der Waals surface area contributed by atoms with Crippen LogP contribution in [0.25, 0.3) is 0 Å². The molecule has 0 aromatic heterocycles. The summed E-state index contributed by atoms with van der Waals surface area (Å²) in [7, 11) is 0. The zero-order valence-corrected chi connectivity index (χ0v) is 16.0. The van der Waals surface area contributed by atoms with Crippen molar-refractivity contribution in [1.29, 1.82) is 0 Å². The van der Waals surface area contributed by atoms with Crippen molar-refractivity contribution in [2.24, 2.45) is 0 Å². The molecule has 0 amide bonds. The van der Waals surface area contributed by atoms with Crippen molar-refractivity contribution in [1.82, 2.24) is 0 Å². The van der Waals surface area contributed by atoms with Gasteiger partial charge in [-0.2, -0.15) is 0 Å². The average Bonchev–Trinajstić information content (AvgIpc) is 2.99. The molecule has 2 N–H and O–H groups in total. The topological polar surface area (TPSA) is 8.88 Å². The lowest BCUT2D eigenvalue weighted by molar-refractivity contribution is -0.968. The van der Waals surface area contributed by atoms with Crippen LogP contribution in [-0.2, 0) is 0 Å². The van der Waals surface area contributed by atoms with Crippen molar-refractivity contribution in [3.8, 4) is 0 Å². The molecule has 0 radical (unpaired) electrons. The Balaban J connectivity index is 1.23. The normalized spacial score (nSPS) is 35.2. The van der Waals surface area contributed by atoms with Crippen molar-refractivity contribution in [2.75, 3.05) is 26.2 Å². The zero-order chi connectivity index (χ0) is 16.9. The molecule has 4 rings (SSSR count). The summed E-state index contributed by atoms with van der Waals surface area (Å²) in [6.45, 7) is 5.83. The van der Waals surface area contributed by atoms with E-state index < -0.39 is 0 Å². The number of nitrogens with one attached hydrogen (secondary N) is 2. The van der Waals surface area contributed by atoms with Crippen LogP contribution >= 0.6 is 0 Å². The molecule has 1 aromatic rings. The number of quaternary nitrogens is 2. The summed E-state index contributed by atoms with van der Waals surface area (Å²) >= 11 is 0. The molecule has 0 bridgehead atoms. The largest absolute Gasteiger partial charge is 0.332 e. The lowest BCUT2D eigenvalue weighted by Crippen LogP contribution is -3.22. The van der Waals surface area contributed by atoms with Crippen molar-refractivity contribution >= 4 is 0 Å². The van der Waals surface area contributed by atoms with Crippen molar-refractivity contribution < 1.29 is 9.80 Å². The molecule has 2 saturated heterocycles. The number of rotatable bonds is 3. The van der Waals surface area contributed by atoms with Gasteiger partial charge in [0.2, 0.25) is 0 Å². The molecule has 2 heteroatoms. The molecule has 0 unspecified atom stereocenters. The summed E-state index contributed by atoms with van der Waals surface area (Å²) in [5.74, 6) is 0.830. The Morgan fingerprint density at radius 1 is 0.560 bits per heavy atom. The Kier molecular flexibility index (Phi) is 6.10. The second kappa shape index (κ2) is 8.68. The Hall–Kier alpha value is -0.860. The quantitative estimate of drug-likeness (QED) is 0.833. The van der Waals surface area contributed by atoms with Gasteiger partial charge in [-0.3, -0.25) is 0 Å². The SMILES string of the molecule is c1ccc(C2CCC([NH+]3CCC([NH+]4CCCCCC4)CC3)CC2)cc1. The Bertz CT molecular complexity index is 490. The van der Waals surface area contributed by atoms with Crippen LogP contribution in [-0.4, -0.2) is 38.3 Å². The van der Waals surface area contributed by atoms with Crippen LogP contribution in [0.4, 0.5) is 0 Å². The molecule has 1 aliphatic carbocycles. The summed E-state index contributed by atoms with van der Waals surface area (Å²) in [5.41, 5.74) is 1.58. The van der Waals surface area contributed by atoms with E-state index in [1.165, 1.54) is 90.4 Å². The first-order valence-electron chi connectivity index (χ1n) is 11.1. The highest BCUT2D eigenvalue weighted by molar-refractivity contribution is 5.19. The van der Waals surface area contributed by atoms with Crippen LogP contribution in [0.2, 0.25) is 0 Å². The van der Waals surface area contributed by atoms with Crippen LogP contribution < -0.4 is 9.80 Å². The van der Waals surface area contributed by atoms with Gasteiger partial charge in [0.1, 0.15) is 0 Å². The van der Waals surface area contributed by atoms with Gasteiger partial charge in [0, 0.05) is 12.8 Å². The molecular weight excluding hydrogens is 304 g/mol. The lowest BCUT2D eigenvalue weighted by atomic mass is 9.81. The second-order valence-corrected chi connectivity index (χ2v) is 8.96. The summed E-state index contributed by atoms with van der Waals surface area (Å²) in [5, 5.41) is 0. The molecule has 138 valence electrons. The van der Waals surface area contributed by atoms with Gasteiger partial charge in [0.15, 0.2) is 0 Å². The highest BCUT2D eigenvalue weighted by Crippen LogP contribution is 2.32. The molecular formula is C23H38N2+2. The molecule has 1 aromatic carbocycles. The number of likely N-dealkylation sites (tertiary alicyclic amines) is 2. The van der Waals surface area contributed by atoms with Crippen LogP contribution in [0.5, 0.6) is 0 Å². The maximum Gasteiger partial charge on any atom is 0.0983 e. The van der Waals surface area contributed by atoms with Crippen LogP contribution in [0.15, 0.2) is 30.3 Å². The average molecular weight is 343 g/mol. The number of hydrogen-bond donors (Lipinski definition) is 2. The summed E-state index contributed by atoms with van der Waals surface area (Å²) in [6, 6.07) is 13.2. The molecule has 0 spiro atoms. The number of benzene rings is 1. The first kappa shape index (κ1) is 17.5. The van der Waals surface area contributed by atoms with Crippen molar-refractivity contribution in [2.45, 2.75) is 82.2 Å². The van der Waals surface area contributed by atoms with Gasteiger partial charge in [-0.25, -0.2) is 0 Å². The van der Waals surface area contributed by atoms with E-state index in [-0.39, 0.29) is 0 Å². The molecule has 2 nitrogen and oxygen atoms in total. The van der Waals surface area contributed by atoms with E-state index in [0.29, 0.717) is 0 Å². The monoisotopic (exact) mass is 342 g/mol. The summed E-state index contributed by atoms with van der Waals surface area (Å²) in [4.78, 5) is 3.92. The number of hydrogen-bond acceptors (Lipinski definition) is 0. The van der Waals surface area contributed by atoms with Crippen LogP contribution in [0.1, 0.15) is 75.7 Å². The third-order valence-corrected chi connectivity index (χ3v) is 7.53. The first-order chi connectivity index (χ1) is 12.4. The van der Waals surface area contributed by atoms with Gasteiger partial charge < -0.3 is 9.80 Å². The second-order valence-electron chi connectivity index (χ2n) is 8.96. The molecule has 2 heterocycles. The Morgan fingerprint density at radius 3 is 1.76 bits per heavy atom. The Morgan fingerprint density at radius 2 is 1.12 bits per heavy atom. The minimum Gasteiger partial charge on any atom is -0.332 e. The van der Waals surface area contributed by atoms with E-state index in [0.717, 1.165) is 18.0 Å². The first-order valence-corrected chi connectivity index (χ1v) is 11.1. The van der Waals surface area contributed by atoms with Gasteiger partial charge >= 0.3 is 0 Å². The number of piperidine rings is 1. The standard InChI is InChI=1S/C23H36N2/c1-2-7-17-24(16-6-1)23-14-18-25(19-15-23)22-12-10-21(11-13-22)20-8-4-3-5-9-20/h3-5,8-9,21-23H,1-2,6-7,10-19H2/p+2. The van der Waals surface area contributed by atoms with Gasteiger partial charge in [-0.05, 0) is 62.8 Å². The third kappa shape index (κ3) is 4.46. The van der Waals surface area contributed by atoms with Crippen molar-refractivity contribution in [3.05, 3.63) is 35.9 Å². The lowest BCUT2D eigenvalue weighted by Gasteiger charge is -2.39. The minimum absolute atomic E-state index is 0.830. The predicted molar refractivity (Wildman–Crippen MR) is 104 cm³/mol. The van der Waals surface area contributed by atoms with E-state index in [2.05, 4.69) is 30.3 Å². The van der Waals surface area contributed by atoms with E-state index in [1.54, 1.807) is 5.56 Å².